The molecule has 0 spiro atoms. The van der Waals surface area contributed by atoms with Crippen LogP contribution in [-0.4, -0.2) is 76.9 Å². The van der Waals surface area contributed by atoms with Crippen LogP contribution in [0.4, 0.5) is 0 Å². The first kappa shape index (κ1) is 28.5. The Kier molecular flexibility index (Phi) is 10.3. The van der Waals surface area contributed by atoms with Gasteiger partial charge in [-0.25, -0.2) is 0 Å². The number of amides is 2. The van der Waals surface area contributed by atoms with E-state index in [0.29, 0.717) is 49.1 Å². The van der Waals surface area contributed by atoms with Gasteiger partial charge in [-0.1, -0.05) is 18.9 Å². The van der Waals surface area contributed by atoms with E-state index in [9.17, 15) is 9.59 Å². The molecule has 0 aliphatic heterocycles. The highest BCUT2D eigenvalue weighted by Crippen LogP contribution is 2.31. The van der Waals surface area contributed by atoms with Gasteiger partial charge in [-0.05, 0) is 61.0 Å². The van der Waals surface area contributed by atoms with E-state index in [1.807, 2.05) is 24.4 Å². The summed E-state index contributed by atoms with van der Waals surface area (Å²) in [6.07, 6.45) is 4.73. The van der Waals surface area contributed by atoms with Crippen molar-refractivity contribution in [3.8, 4) is 22.9 Å². The van der Waals surface area contributed by atoms with Crippen molar-refractivity contribution in [2.45, 2.75) is 57.7 Å². The predicted octanol–water partition coefficient (Wildman–Crippen LogP) is 3.47. The van der Waals surface area contributed by atoms with Gasteiger partial charge in [0.15, 0.2) is 11.5 Å². The van der Waals surface area contributed by atoms with E-state index >= 15 is 0 Å². The van der Waals surface area contributed by atoms with Gasteiger partial charge < -0.3 is 24.4 Å². The van der Waals surface area contributed by atoms with Gasteiger partial charge in [0.1, 0.15) is 12.6 Å². The number of hydrogen-bond acceptors (Lipinski definition) is 9. The van der Waals surface area contributed by atoms with Crippen LogP contribution >= 0.6 is 11.3 Å². The van der Waals surface area contributed by atoms with Crippen LogP contribution in [0.1, 0.15) is 49.9 Å². The molecule has 3 aromatic rings. The smallest absolute Gasteiger partial charge is 0.248 e. The average molecular weight is 557 g/mol. The quantitative estimate of drug-likeness (QED) is 0.300. The van der Waals surface area contributed by atoms with E-state index in [1.54, 1.807) is 37.3 Å². The maximum Gasteiger partial charge on any atom is 0.248 e. The summed E-state index contributed by atoms with van der Waals surface area (Å²) in [7, 11) is 3.12. The summed E-state index contributed by atoms with van der Waals surface area (Å²) in [4.78, 5) is 31.0. The van der Waals surface area contributed by atoms with Gasteiger partial charge >= 0.3 is 0 Å². The second-order valence-corrected chi connectivity index (χ2v) is 10.2. The monoisotopic (exact) mass is 556 g/mol. The summed E-state index contributed by atoms with van der Waals surface area (Å²) >= 11 is 1.46. The second-order valence-electron chi connectivity index (χ2n) is 9.26. The number of hydrogen-bond donors (Lipinski definition) is 1. The molecule has 11 nitrogen and oxygen atoms in total. The van der Waals surface area contributed by atoms with Crippen molar-refractivity contribution < 1.29 is 23.8 Å². The Balaban J connectivity index is 1.55. The van der Waals surface area contributed by atoms with Crippen LogP contribution in [0.2, 0.25) is 0 Å². The maximum atomic E-state index is 13.7. The minimum absolute atomic E-state index is 0.140. The third-order valence-corrected chi connectivity index (χ3v) is 7.58. The molecule has 12 heteroatoms. The van der Waals surface area contributed by atoms with Gasteiger partial charge in [0.05, 0.1) is 14.2 Å². The molecular formula is C27H36N6O5S. The topological polar surface area (TPSA) is 121 Å². The van der Waals surface area contributed by atoms with Gasteiger partial charge in [0, 0.05) is 36.2 Å². The molecule has 2 aromatic heterocycles. The van der Waals surface area contributed by atoms with Gasteiger partial charge in [-0.2, -0.15) is 4.80 Å². The van der Waals surface area contributed by atoms with Gasteiger partial charge in [-0.3, -0.25) is 9.59 Å². The molecule has 1 saturated carbocycles. The molecule has 2 amide bonds. The third-order valence-electron chi connectivity index (χ3n) is 6.66. The molecule has 0 saturated heterocycles. The number of carbonyl (C=O) groups is 2. The Labute approximate surface area is 232 Å². The van der Waals surface area contributed by atoms with Crippen molar-refractivity contribution in [1.82, 2.24) is 30.4 Å². The van der Waals surface area contributed by atoms with E-state index in [-0.39, 0.29) is 24.4 Å². The van der Waals surface area contributed by atoms with Crippen molar-refractivity contribution >= 4 is 23.2 Å². The van der Waals surface area contributed by atoms with E-state index in [2.05, 4.69) is 20.7 Å². The first-order valence-corrected chi connectivity index (χ1v) is 14.1. The first-order valence-electron chi connectivity index (χ1n) is 13.2. The van der Waals surface area contributed by atoms with Crippen molar-refractivity contribution in [3.05, 3.63) is 40.6 Å². The Morgan fingerprint density at radius 2 is 1.97 bits per heavy atom. The lowest BCUT2D eigenvalue weighted by Gasteiger charge is -2.31. The van der Waals surface area contributed by atoms with Gasteiger partial charge in [0.25, 0.3) is 0 Å². The molecule has 1 atom stereocenters. The summed E-state index contributed by atoms with van der Waals surface area (Å²) < 4.78 is 16.2. The molecule has 2 heterocycles. The molecule has 210 valence electrons. The zero-order valence-electron chi connectivity index (χ0n) is 22.7. The minimum atomic E-state index is -0.742. The summed E-state index contributed by atoms with van der Waals surface area (Å²) in [5, 5.41) is 17.8. The predicted molar refractivity (Wildman–Crippen MR) is 147 cm³/mol. The molecule has 1 aliphatic rings. The van der Waals surface area contributed by atoms with Crippen molar-refractivity contribution in [2.24, 2.45) is 0 Å². The standard InChI is InChI=1S/C27H36N6O5S/c1-4-38-15-8-14-32(25(23-11-7-16-39-23)27(35)28-20-9-5-6-10-20)24(34)18-33-30-26(29-31-33)19-12-13-21(36-2)22(17-19)37-3/h7,11-13,16-17,20,25H,4-6,8-10,14-15,18H2,1-3H3,(H,28,35)/t25-/m1/s1. The largest absolute Gasteiger partial charge is 0.493 e. The number of ether oxygens (including phenoxy) is 3. The summed E-state index contributed by atoms with van der Waals surface area (Å²) in [5.41, 5.74) is 0.673. The van der Waals surface area contributed by atoms with Crippen LogP contribution in [0, 0.1) is 0 Å². The third kappa shape index (κ3) is 7.33. The normalized spacial score (nSPS) is 14.2. The number of rotatable bonds is 14. The Morgan fingerprint density at radius 1 is 1.18 bits per heavy atom. The molecule has 0 radical (unpaired) electrons. The van der Waals surface area contributed by atoms with Crippen molar-refractivity contribution in [1.29, 1.82) is 0 Å². The SMILES string of the molecule is CCOCCCN(C(=O)Cn1nnc(-c2ccc(OC)c(OC)c2)n1)[C@@H](C(=O)NC1CCCC1)c1cccs1. The Bertz CT molecular complexity index is 1210. The molecule has 39 heavy (non-hydrogen) atoms. The van der Waals surface area contributed by atoms with Gasteiger partial charge in [-0.15, -0.1) is 21.5 Å². The first-order chi connectivity index (χ1) is 19.0. The molecule has 1 aromatic carbocycles. The lowest BCUT2D eigenvalue weighted by molar-refractivity contribution is -0.142. The minimum Gasteiger partial charge on any atom is -0.493 e. The molecule has 1 fully saturated rings. The van der Waals surface area contributed by atoms with Crippen LogP contribution in [-0.2, 0) is 20.9 Å². The number of nitrogens with zero attached hydrogens (tertiary/aromatic N) is 5. The number of aromatic nitrogens is 4. The van der Waals surface area contributed by atoms with E-state index in [1.165, 1.54) is 16.1 Å². The highest BCUT2D eigenvalue weighted by atomic mass is 32.1. The van der Waals surface area contributed by atoms with Crippen LogP contribution in [0.5, 0.6) is 11.5 Å². The number of thiophene rings is 1. The lowest BCUT2D eigenvalue weighted by atomic mass is 10.1. The number of benzene rings is 1. The summed E-state index contributed by atoms with van der Waals surface area (Å²) in [6.45, 7) is 3.21. The highest BCUT2D eigenvalue weighted by molar-refractivity contribution is 7.10. The van der Waals surface area contributed by atoms with E-state index in [0.717, 1.165) is 30.6 Å². The van der Waals surface area contributed by atoms with Crippen LogP contribution in [0.3, 0.4) is 0 Å². The molecule has 1 aliphatic carbocycles. The molecule has 0 unspecified atom stereocenters. The number of nitrogens with one attached hydrogen (secondary N) is 1. The number of methoxy groups -OCH3 is 2. The fraction of sp³-hybridized carbons (Fsp3) is 0.519. The Morgan fingerprint density at radius 3 is 2.67 bits per heavy atom. The summed E-state index contributed by atoms with van der Waals surface area (Å²) in [5.74, 6) is 1.03. The number of carbonyl (C=O) groups excluding carboxylic acids is 2. The van der Waals surface area contributed by atoms with Crippen LogP contribution in [0.25, 0.3) is 11.4 Å². The average Bonchev–Trinajstić information content (AvgIpc) is 3.74. The van der Waals surface area contributed by atoms with Crippen molar-refractivity contribution in [3.63, 3.8) is 0 Å². The maximum absolute atomic E-state index is 13.7. The molecule has 0 bridgehead atoms. The zero-order chi connectivity index (χ0) is 27.6. The van der Waals surface area contributed by atoms with Crippen molar-refractivity contribution in [2.75, 3.05) is 34.0 Å². The van der Waals surface area contributed by atoms with Crippen LogP contribution in [0.15, 0.2) is 35.7 Å². The zero-order valence-corrected chi connectivity index (χ0v) is 23.5. The fourth-order valence-corrected chi connectivity index (χ4v) is 5.55. The molecule has 4 rings (SSSR count). The highest BCUT2D eigenvalue weighted by Gasteiger charge is 2.34. The van der Waals surface area contributed by atoms with Crippen LogP contribution < -0.4 is 14.8 Å². The number of tetrazole rings is 1. The fourth-order valence-electron chi connectivity index (χ4n) is 4.71. The van der Waals surface area contributed by atoms with E-state index in [4.69, 9.17) is 14.2 Å². The molecule has 1 N–H and O–H groups in total. The molecular weight excluding hydrogens is 520 g/mol. The Hall–Kier alpha value is -3.51. The lowest BCUT2D eigenvalue weighted by Crippen LogP contribution is -2.47. The summed E-state index contributed by atoms with van der Waals surface area (Å²) in [6, 6.07) is 8.50. The van der Waals surface area contributed by atoms with Gasteiger partial charge in [0.2, 0.25) is 17.6 Å². The van der Waals surface area contributed by atoms with E-state index < -0.39 is 6.04 Å². The second kappa shape index (κ2) is 14.0.